The molecule has 3 aliphatic rings. The largest absolute Gasteiger partial charge is 0.466 e. The van der Waals surface area contributed by atoms with Gasteiger partial charge in [0.2, 0.25) is 15.9 Å². The normalized spacial score (nSPS) is 23.4. The van der Waals surface area contributed by atoms with Crippen LogP contribution in [0.25, 0.3) is 0 Å². The molecule has 1 amide bonds. The number of ether oxygens (including phenoxy) is 1. The predicted molar refractivity (Wildman–Crippen MR) is 144 cm³/mol. The van der Waals surface area contributed by atoms with Gasteiger partial charge < -0.3 is 15.0 Å². The molecule has 1 aliphatic heterocycles. The lowest BCUT2D eigenvalue weighted by atomic mass is 9.81. The number of sulfonamides is 2. The maximum absolute atomic E-state index is 13.9. The Morgan fingerprint density at radius 2 is 1.79 bits per heavy atom. The van der Waals surface area contributed by atoms with E-state index >= 15 is 0 Å². The first kappa shape index (κ1) is 28.3. The summed E-state index contributed by atoms with van der Waals surface area (Å²) in [5.41, 5.74) is 0.310. The smallest absolute Gasteiger partial charge is 0.311 e. The van der Waals surface area contributed by atoms with Gasteiger partial charge in [0, 0.05) is 17.8 Å². The Kier molecular flexibility index (Phi) is 8.65. The van der Waals surface area contributed by atoms with E-state index in [0.29, 0.717) is 12.8 Å². The first-order chi connectivity index (χ1) is 18.0. The van der Waals surface area contributed by atoms with Gasteiger partial charge in [-0.05, 0) is 50.8 Å². The third-order valence-electron chi connectivity index (χ3n) is 7.32. The summed E-state index contributed by atoms with van der Waals surface area (Å²) in [4.78, 5) is 28.3. The molecule has 13 heteroatoms. The highest BCUT2D eigenvalue weighted by Gasteiger charge is 2.41. The highest BCUT2D eigenvalue weighted by Crippen LogP contribution is 2.36. The summed E-state index contributed by atoms with van der Waals surface area (Å²) in [5.74, 6) is -0.955. The Hall–Kier alpha value is -2.67. The van der Waals surface area contributed by atoms with Gasteiger partial charge in [-0.3, -0.25) is 14.3 Å². The van der Waals surface area contributed by atoms with Gasteiger partial charge in [0.15, 0.2) is 0 Å². The van der Waals surface area contributed by atoms with Crippen molar-refractivity contribution in [1.82, 2.24) is 4.90 Å². The fraction of sp³-hybridized carbons (Fsp3) is 0.640. The summed E-state index contributed by atoms with van der Waals surface area (Å²) in [5, 5.41) is 2.94. The number of hydrogen-bond donors (Lipinski definition) is 2. The molecule has 2 saturated carbocycles. The van der Waals surface area contributed by atoms with E-state index in [9.17, 15) is 26.4 Å². The van der Waals surface area contributed by atoms with Crippen LogP contribution in [0.1, 0.15) is 71.1 Å². The molecule has 2 atom stereocenters. The number of benzene rings is 1. The minimum absolute atomic E-state index is 0.00405. The van der Waals surface area contributed by atoms with Crippen LogP contribution in [0.2, 0.25) is 0 Å². The Morgan fingerprint density at radius 3 is 2.47 bits per heavy atom. The topological polar surface area (TPSA) is 151 Å². The van der Waals surface area contributed by atoms with Gasteiger partial charge in [0.1, 0.15) is 10.7 Å². The quantitative estimate of drug-likeness (QED) is 0.454. The van der Waals surface area contributed by atoms with Crippen molar-refractivity contribution in [2.24, 2.45) is 10.3 Å². The Balaban J connectivity index is 1.60. The molecule has 2 unspecified atom stereocenters. The van der Waals surface area contributed by atoms with E-state index in [0.717, 1.165) is 51.2 Å². The molecule has 0 spiro atoms. The molecule has 1 aromatic rings. The van der Waals surface area contributed by atoms with Crippen molar-refractivity contribution in [3.63, 3.8) is 0 Å². The summed E-state index contributed by atoms with van der Waals surface area (Å²) in [6.45, 7) is 2.05. The summed E-state index contributed by atoms with van der Waals surface area (Å²) in [6, 6.07) is 3.76. The molecule has 4 rings (SSSR count). The second-order valence-electron chi connectivity index (χ2n) is 10.2. The van der Waals surface area contributed by atoms with E-state index in [4.69, 9.17) is 4.74 Å². The number of nitrogens with zero attached hydrogens (tertiary/aromatic N) is 2. The van der Waals surface area contributed by atoms with Gasteiger partial charge in [0.05, 0.1) is 30.9 Å². The highest BCUT2D eigenvalue weighted by molar-refractivity contribution is 7.92. The third kappa shape index (κ3) is 6.66. The number of amides is 1. The van der Waals surface area contributed by atoms with E-state index in [2.05, 4.69) is 14.4 Å². The molecule has 0 bridgehead atoms. The van der Waals surface area contributed by atoms with Gasteiger partial charge in [-0.2, -0.15) is 8.42 Å². The van der Waals surface area contributed by atoms with Crippen LogP contribution in [-0.4, -0.2) is 64.4 Å². The van der Waals surface area contributed by atoms with Gasteiger partial charge in [-0.25, -0.2) is 8.42 Å². The van der Waals surface area contributed by atoms with Crippen molar-refractivity contribution < 1.29 is 31.2 Å². The molecule has 2 fully saturated rings. The average molecular weight is 569 g/mol. The number of rotatable bonds is 8. The summed E-state index contributed by atoms with van der Waals surface area (Å²) >= 11 is 0. The number of carbonyl (C=O) groups is 2. The van der Waals surface area contributed by atoms with Crippen LogP contribution in [0.4, 0.5) is 11.4 Å². The van der Waals surface area contributed by atoms with Crippen molar-refractivity contribution in [2.75, 3.05) is 22.9 Å². The zero-order chi connectivity index (χ0) is 27.5. The summed E-state index contributed by atoms with van der Waals surface area (Å²) in [7, 11) is -7.77. The Morgan fingerprint density at radius 1 is 1.11 bits per heavy atom. The molecule has 38 heavy (non-hydrogen) atoms. The van der Waals surface area contributed by atoms with Gasteiger partial charge in [-0.1, -0.05) is 32.1 Å². The lowest BCUT2D eigenvalue weighted by molar-refractivity contribution is -0.155. The van der Waals surface area contributed by atoms with Crippen molar-refractivity contribution >= 4 is 49.1 Å². The van der Waals surface area contributed by atoms with Crippen LogP contribution in [-0.2, 0) is 34.4 Å². The van der Waals surface area contributed by atoms with Crippen LogP contribution in [0.15, 0.2) is 27.5 Å². The molecule has 2 aliphatic carbocycles. The number of nitrogens with one attached hydrogen (secondary N) is 2. The van der Waals surface area contributed by atoms with Crippen molar-refractivity contribution in [1.29, 1.82) is 0 Å². The van der Waals surface area contributed by atoms with E-state index in [-0.39, 0.29) is 59.1 Å². The lowest BCUT2D eigenvalue weighted by Crippen LogP contribution is -2.54. The summed E-state index contributed by atoms with van der Waals surface area (Å²) in [6.07, 6.45) is 8.64. The Labute approximate surface area is 224 Å². The molecule has 0 saturated heterocycles. The Bertz CT molecular complexity index is 1300. The minimum atomic E-state index is -4.18. The highest BCUT2D eigenvalue weighted by atomic mass is 32.2. The third-order valence-corrected chi connectivity index (χ3v) is 9.28. The second-order valence-corrected chi connectivity index (χ2v) is 13.5. The second kappa shape index (κ2) is 11.6. The fourth-order valence-corrected chi connectivity index (χ4v) is 7.51. The molecule has 210 valence electrons. The molecular formula is C25H36N4O7S2. The van der Waals surface area contributed by atoms with Gasteiger partial charge in [0.25, 0.3) is 10.0 Å². The van der Waals surface area contributed by atoms with Crippen LogP contribution in [0, 0.1) is 5.92 Å². The fourth-order valence-electron chi connectivity index (χ4n) is 5.79. The van der Waals surface area contributed by atoms with Crippen LogP contribution < -0.4 is 10.0 Å². The first-order valence-electron chi connectivity index (χ1n) is 13.2. The van der Waals surface area contributed by atoms with Crippen LogP contribution >= 0.6 is 0 Å². The monoisotopic (exact) mass is 568 g/mol. The zero-order valence-corrected chi connectivity index (χ0v) is 23.4. The number of hydrogen-bond acceptors (Lipinski definition) is 8. The first-order valence-corrected chi connectivity index (χ1v) is 16.5. The van der Waals surface area contributed by atoms with Crippen molar-refractivity contribution in [3.8, 4) is 0 Å². The molecule has 2 N–H and O–H groups in total. The van der Waals surface area contributed by atoms with Crippen LogP contribution in [0.5, 0.6) is 0 Å². The molecule has 0 radical (unpaired) electrons. The van der Waals surface area contributed by atoms with Crippen molar-refractivity contribution in [2.45, 2.75) is 88.1 Å². The predicted octanol–water partition coefficient (Wildman–Crippen LogP) is 3.24. The van der Waals surface area contributed by atoms with Crippen LogP contribution in [0.3, 0.4) is 0 Å². The number of carbonyl (C=O) groups excluding carboxylic acids is 2. The van der Waals surface area contributed by atoms with E-state index in [1.165, 1.54) is 18.2 Å². The molecule has 11 nitrogen and oxygen atoms in total. The zero-order valence-electron chi connectivity index (χ0n) is 21.8. The SMILES string of the molecule is CCOC(=O)C1CCCCC1N(C(=O)CC1=NS(=O)(=O)c2cc(NS(C)(=O)=O)ccc2N1)C1CCCCC1. The average Bonchev–Trinajstić information content (AvgIpc) is 2.84. The minimum Gasteiger partial charge on any atom is -0.466 e. The maximum Gasteiger partial charge on any atom is 0.311 e. The standard InChI is InChI=1S/C25H36N4O7S2/c1-3-36-25(31)19-11-7-8-12-21(19)29(18-9-5-4-6-10-18)24(30)16-23-26-20-14-13-17(27-37(2,32)33)15-22(20)38(34,35)28-23/h13-15,18-19,21,27H,3-12,16H2,1-2H3,(H,26,28). The van der Waals surface area contributed by atoms with Gasteiger partial charge >= 0.3 is 5.97 Å². The van der Waals surface area contributed by atoms with E-state index < -0.39 is 26.0 Å². The molecule has 0 aromatic heterocycles. The number of amidine groups is 1. The number of esters is 1. The lowest BCUT2D eigenvalue weighted by Gasteiger charge is -2.44. The van der Waals surface area contributed by atoms with Crippen molar-refractivity contribution in [3.05, 3.63) is 18.2 Å². The number of anilines is 2. The molecular weight excluding hydrogens is 532 g/mol. The maximum atomic E-state index is 13.9. The van der Waals surface area contributed by atoms with E-state index in [1.807, 2.05) is 4.90 Å². The summed E-state index contributed by atoms with van der Waals surface area (Å²) < 4.78 is 60.5. The van der Waals surface area contributed by atoms with Gasteiger partial charge in [-0.15, -0.1) is 4.40 Å². The molecule has 1 heterocycles. The molecule has 1 aromatic carbocycles. The number of fused-ring (bicyclic) bond motifs is 1. The van der Waals surface area contributed by atoms with E-state index in [1.54, 1.807) is 6.92 Å².